The Bertz CT molecular complexity index is 479. The Morgan fingerprint density at radius 1 is 1.43 bits per heavy atom. The SMILES string of the molecule is Cc1cccc(OCCC(=O)N2CCNC[C@H]2C)c1C.Cl. The Balaban J connectivity index is 0.00000220. The highest BCUT2D eigenvalue weighted by atomic mass is 35.5. The van der Waals surface area contributed by atoms with Gasteiger partial charge >= 0.3 is 0 Å². The molecular formula is C16H25ClN2O2. The predicted molar refractivity (Wildman–Crippen MR) is 87.3 cm³/mol. The van der Waals surface area contributed by atoms with Crippen molar-refractivity contribution < 1.29 is 9.53 Å². The molecule has 0 aromatic heterocycles. The number of aryl methyl sites for hydroxylation is 1. The summed E-state index contributed by atoms with van der Waals surface area (Å²) in [6.07, 6.45) is 0.442. The van der Waals surface area contributed by atoms with Crippen LogP contribution in [0.1, 0.15) is 24.5 Å². The molecule has 0 unspecified atom stereocenters. The molecular weight excluding hydrogens is 288 g/mol. The van der Waals surface area contributed by atoms with Crippen molar-refractivity contribution in [2.24, 2.45) is 0 Å². The third-order valence-electron chi connectivity index (χ3n) is 3.95. The number of ether oxygens (including phenoxy) is 1. The molecule has 1 heterocycles. The van der Waals surface area contributed by atoms with E-state index in [1.165, 1.54) is 5.56 Å². The van der Waals surface area contributed by atoms with Crippen molar-refractivity contribution in [1.82, 2.24) is 10.2 Å². The summed E-state index contributed by atoms with van der Waals surface area (Å²) in [5.74, 6) is 1.07. The second kappa shape index (κ2) is 8.25. The van der Waals surface area contributed by atoms with Gasteiger partial charge in [0, 0.05) is 25.7 Å². The van der Waals surface area contributed by atoms with Crippen LogP contribution in [0.25, 0.3) is 0 Å². The number of nitrogens with one attached hydrogen (secondary N) is 1. The Kier molecular flexibility index (Phi) is 6.99. The highest BCUT2D eigenvalue weighted by Crippen LogP contribution is 2.20. The zero-order valence-electron chi connectivity index (χ0n) is 13.0. The minimum absolute atomic E-state index is 0. The molecule has 1 fully saturated rings. The van der Waals surface area contributed by atoms with Crippen LogP contribution in [0, 0.1) is 13.8 Å². The maximum atomic E-state index is 12.2. The van der Waals surface area contributed by atoms with Gasteiger partial charge in [0.1, 0.15) is 5.75 Å². The molecule has 0 radical (unpaired) electrons. The molecule has 118 valence electrons. The van der Waals surface area contributed by atoms with Crippen LogP contribution in [0.2, 0.25) is 0 Å². The normalized spacial score (nSPS) is 18.0. The van der Waals surface area contributed by atoms with Crippen molar-refractivity contribution in [3.63, 3.8) is 0 Å². The third-order valence-corrected chi connectivity index (χ3v) is 3.95. The summed E-state index contributed by atoms with van der Waals surface area (Å²) in [7, 11) is 0. The number of rotatable bonds is 4. The van der Waals surface area contributed by atoms with Crippen molar-refractivity contribution in [1.29, 1.82) is 0 Å². The first-order chi connectivity index (χ1) is 9.59. The summed E-state index contributed by atoms with van der Waals surface area (Å²) in [4.78, 5) is 14.1. The van der Waals surface area contributed by atoms with Gasteiger partial charge in [-0.05, 0) is 38.0 Å². The van der Waals surface area contributed by atoms with Crippen LogP contribution in [0.3, 0.4) is 0 Å². The van der Waals surface area contributed by atoms with Crippen molar-refractivity contribution in [3.8, 4) is 5.75 Å². The predicted octanol–water partition coefficient (Wildman–Crippen LogP) is 2.31. The Morgan fingerprint density at radius 2 is 2.19 bits per heavy atom. The van der Waals surface area contributed by atoms with Crippen molar-refractivity contribution >= 4 is 18.3 Å². The van der Waals surface area contributed by atoms with E-state index < -0.39 is 0 Å². The molecule has 1 amide bonds. The number of amides is 1. The van der Waals surface area contributed by atoms with Gasteiger partial charge in [-0.2, -0.15) is 0 Å². The van der Waals surface area contributed by atoms with Crippen LogP contribution in [-0.4, -0.2) is 43.1 Å². The van der Waals surface area contributed by atoms with E-state index in [1.807, 2.05) is 24.0 Å². The molecule has 1 aromatic carbocycles. The molecule has 1 atom stereocenters. The highest BCUT2D eigenvalue weighted by Gasteiger charge is 2.22. The first-order valence-electron chi connectivity index (χ1n) is 7.29. The molecule has 4 nitrogen and oxygen atoms in total. The molecule has 1 N–H and O–H groups in total. The van der Waals surface area contributed by atoms with Crippen LogP contribution >= 0.6 is 12.4 Å². The standard InChI is InChI=1S/C16H24N2O2.ClH/c1-12-5-4-6-15(14(12)3)20-10-7-16(19)18-9-8-17-11-13(18)2;/h4-6,13,17H,7-11H2,1-3H3;1H/t13-;/m1./s1. The Morgan fingerprint density at radius 3 is 2.90 bits per heavy atom. The molecule has 21 heavy (non-hydrogen) atoms. The fraction of sp³-hybridized carbons (Fsp3) is 0.562. The van der Waals surface area contributed by atoms with E-state index in [1.54, 1.807) is 0 Å². The quantitative estimate of drug-likeness (QED) is 0.927. The second-order valence-corrected chi connectivity index (χ2v) is 5.44. The summed E-state index contributed by atoms with van der Waals surface area (Å²) in [5.41, 5.74) is 2.36. The lowest BCUT2D eigenvalue weighted by Crippen LogP contribution is -2.52. The van der Waals surface area contributed by atoms with Gasteiger partial charge in [0.25, 0.3) is 0 Å². The third kappa shape index (κ3) is 4.61. The van der Waals surface area contributed by atoms with Gasteiger partial charge in [0.2, 0.25) is 5.91 Å². The minimum Gasteiger partial charge on any atom is -0.493 e. The average molecular weight is 313 g/mol. The molecule has 0 spiro atoms. The van der Waals surface area contributed by atoms with E-state index >= 15 is 0 Å². The molecule has 5 heteroatoms. The number of benzene rings is 1. The van der Waals surface area contributed by atoms with E-state index in [2.05, 4.69) is 25.2 Å². The summed E-state index contributed by atoms with van der Waals surface area (Å²) in [6, 6.07) is 6.28. The van der Waals surface area contributed by atoms with Gasteiger partial charge in [-0.15, -0.1) is 12.4 Å². The topological polar surface area (TPSA) is 41.6 Å². The van der Waals surface area contributed by atoms with E-state index in [9.17, 15) is 4.79 Å². The van der Waals surface area contributed by atoms with Gasteiger partial charge in [-0.3, -0.25) is 4.79 Å². The van der Waals surface area contributed by atoms with Gasteiger partial charge in [0.05, 0.1) is 13.0 Å². The second-order valence-electron chi connectivity index (χ2n) is 5.44. The first kappa shape index (κ1) is 17.8. The van der Waals surface area contributed by atoms with Crippen LogP contribution in [0.5, 0.6) is 5.75 Å². The number of hydrogen-bond acceptors (Lipinski definition) is 3. The summed E-state index contributed by atoms with van der Waals surface area (Å²) < 4.78 is 5.75. The first-order valence-corrected chi connectivity index (χ1v) is 7.29. The lowest BCUT2D eigenvalue weighted by Gasteiger charge is -2.34. The molecule has 0 aliphatic carbocycles. The molecule has 1 aliphatic rings. The van der Waals surface area contributed by atoms with E-state index in [-0.39, 0.29) is 24.4 Å². The fourth-order valence-electron chi connectivity index (χ4n) is 2.48. The van der Waals surface area contributed by atoms with E-state index in [4.69, 9.17) is 4.74 Å². The molecule has 0 saturated carbocycles. The summed E-state index contributed by atoms with van der Waals surface area (Å²) >= 11 is 0. The maximum absolute atomic E-state index is 12.2. The smallest absolute Gasteiger partial charge is 0.226 e. The lowest BCUT2D eigenvalue weighted by atomic mass is 10.1. The molecule has 2 rings (SSSR count). The maximum Gasteiger partial charge on any atom is 0.226 e. The van der Waals surface area contributed by atoms with E-state index in [0.717, 1.165) is 30.9 Å². The Hall–Kier alpha value is -1.26. The highest BCUT2D eigenvalue weighted by molar-refractivity contribution is 5.85. The van der Waals surface area contributed by atoms with Gasteiger partial charge < -0.3 is 15.0 Å². The number of piperazine rings is 1. The van der Waals surface area contributed by atoms with Crippen LogP contribution in [0.4, 0.5) is 0 Å². The average Bonchev–Trinajstić information content (AvgIpc) is 2.44. The fourth-order valence-corrected chi connectivity index (χ4v) is 2.48. The van der Waals surface area contributed by atoms with Crippen LogP contribution < -0.4 is 10.1 Å². The summed E-state index contributed by atoms with van der Waals surface area (Å²) in [5, 5.41) is 3.29. The number of carbonyl (C=O) groups is 1. The lowest BCUT2D eigenvalue weighted by molar-refractivity contribution is -0.134. The van der Waals surface area contributed by atoms with Crippen LogP contribution in [-0.2, 0) is 4.79 Å². The molecule has 0 bridgehead atoms. The largest absolute Gasteiger partial charge is 0.493 e. The number of hydrogen-bond donors (Lipinski definition) is 1. The molecule has 1 saturated heterocycles. The van der Waals surface area contributed by atoms with Gasteiger partial charge in [-0.1, -0.05) is 12.1 Å². The number of halogens is 1. The van der Waals surface area contributed by atoms with Gasteiger partial charge in [0.15, 0.2) is 0 Å². The van der Waals surface area contributed by atoms with Crippen LogP contribution in [0.15, 0.2) is 18.2 Å². The zero-order valence-corrected chi connectivity index (χ0v) is 13.8. The molecule has 1 aromatic rings. The van der Waals surface area contributed by atoms with Crippen molar-refractivity contribution in [2.75, 3.05) is 26.2 Å². The minimum atomic E-state index is 0. The Labute approximate surface area is 133 Å². The van der Waals surface area contributed by atoms with E-state index in [0.29, 0.717) is 13.0 Å². The van der Waals surface area contributed by atoms with Gasteiger partial charge in [-0.25, -0.2) is 0 Å². The van der Waals surface area contributed by atoms with Crippen molar-refractivity contribution in [3.05, 3.63) is 29.3 Å². The summed E-state index contributed by atoms with van der Waals surface area (Å²) in [6.45, 7) is 9.19. The van der Waals surface area contributed by atoms with Crippen molar-refractivity contribution in [2.45, 2.75) is 33.2 Å². The number of nitrogens with zero attached hydrogens (tertiary/aromatic N) is 1. The zero-order chi connectivity index (χ0) is 14.5. The molecule has 1 aliphatic heterocycles. The monoisotopic (exact) mass is 312 g/mol. The number of carbonyl (C=O) groups excluding carboxylic acids is 1.